The van der Waals surface area contributed by atoms with Crippen LogP contribution in [0.5, 0.6) is 5.75 Å². The highest BCUT2D eigenvalue weighted by atomic mass is 35.5. The van der Waals surface area contributed by atoms with Gasteiger partial charge >= 0.3 is 0 Å². The summed E-state index contributed by atoms with van der Waals surface area (Å²) in [6, 6.07) is 15.9. The lowest BCUT2D eigenvalue weighted by atomic mass is 10.1. The van der Waals surface area contributed by atoms with Gasteiger partial charge in [-0.05, 0) is 29.8 Å². The van der Waals surface area contributed by atoms with Crippen molar-refractivity contribution in [3.63, 3.8) is 0 Å². The smallest absolute Gasteiger partial charge is 0.258 e. The maximum absolute atomic E-state index is 11.6. The van der Waals surface area contributed by atoms with Crippen LogP contribution in [0.4, 0.5) is 0 Å². The number of ether oxygens (including phenoxy) is 1. The van der Waals surface area contributed by atoms with Gasteiger partial charge < -0.3 is 15.2 Å². The fourth-order valence-corrected chi connectivity index (χ4v) is 1.86. The van der Waals surface area contributed by atoms with Crippen molar-refractivity contribution in [2.24, 2.45) is 0 Å². The van der Waals surface area contributed by atoms with E-state index in [4.69, 9.17) is 16.3 Å². The van der Waals surface area contributed by atoms with Crippen LogP contribution in [0.1, 0.15) is 11.7 Å². The molecule has 0 aliphatic heterocycles. The molecular weight excluding hydrogens is 290 g/mol. The molecule has 2 aromatic carbocycles. The summed E-state index contributed by atoms with van der Waals surface area (Å²) in [5, 5.41) is 13.1. The molecule has 1 amide bonds. The largest absolute Gasteiger partial charge is 0.484 e. The Morgan fingerprint density at radius 1 is 1.14 bits per heavy atom. The number of amides is 1. The van der Waals surface area contributed by atoms with E-state index >= 15 is 0 Å². The lowest BCUT2D eigenvalue weighted by molar-refractivity contribution is -0.123. The number of carbonyl (C=O) groups excluding carboxylic acids is 1. The number of rotatable bonds is 6. The Hall–Kier alpha value is -2.04. The minimum atomic E-state index is -0.731. The normalized spacial score (nSPS) is 11.7. The molecule has 0 heterocycles. The molecule has 2 aromatic rings. The minimum Gasteiger partial charge on any atom is -0.484 e. The quantitative estimate of drug-likeness (QED) is 0.862. The fraction of sp³-hybridized carbons (Fsp3) is 0.188. The van der Waals surface area contributed by atoms with Crippen molar-refractivity contribution >= 4 is 17.5 Å². The van der Waals surface area contributed by atoms with Crippen molar-refractivity contribution in [2.45, 2.75) is 6.10 Å². The van der Waals surface area contributed by atoms with Crippen molar-refractivity contribution in [1.29, 1.82) is 0 Å². The molecule has 0 aliphatic rings. The summed E-state index contributed by atoms with van der Waals surface area (Å²) in [5.41, 5.74) is 0.761. The molecule has 0 radical (unpaired) electrons. The number of halogens is 1. The van der Waals surface area contributed by atoms with Gasteiger partial charge in [0, 0.05) is 11.6 Å². The second-order valence-corrected chi connectivity index (χ2v) is 4.91. The van der Waals surface area contributed by atoms with E-state index in [1.54, 1.807) is 36.4 Å². The Kier molecular flexibility index (Phi) is 5.60. The van der Waals surface area contributed by atoms with Crippen molar-refractivity contribution in [2.75, 3.05) is 13.2 Å². The zero-order valence-electron chi connectivity index (χ0n) is 11.3. The van der Waals surface area contributed by atoms with Crippen molar-refractivity contribution < 1.29 is 14.6 Å². The summed E-state index contributed by atoms with van der Waals surface area (Å²) in [4.78, 5) is 11.6. The third-order valence-corrected chi connectivity index (χ3v) is 3.11. The first-order chi connectivity index (χ1) is 10.1. The van der Waals surface area contributed by atoms with Crippen LogP contribution in [-0.2, 0) is 4.79 Å². The van der Waals surface area contributed by atoms with Crippen molar-refractivity contribution in [3.8, 4) is 5.75 Å². The highest BCUT2D eigenvalue weighted by Crippen LogP contribution is 2.15. The minimum absolute atomic E-state index is 0.108. The van der Waals surface area contributed by atoms with Gasteiger partial charge in [0.1, 0.15) is 5.75 Å². The van der Waals surface area contributed by atoms with E-state index in [-0.39, 0.29) is 19.1 Å². The molecule has 1 atom stereocenters. The predicted octanol–water partition coefficient (Wildman–Crippen LogP) is 2.57. The monoisotopic (exact) mass is 305 g/mol. The van der Waals surface area contributed by atoms with E-state index in [1.807, 2.05) is 18.2 Å². The number of carbonyl (C=O) groups is 1. The molecule has 0 saturated carbocycles. The third-order valence-electron chi connectivity index (χ3n) is 2.86. The van der Waals surface area contributed by atoms with Crippen LogP contribution in [0.15, 0.2) is 54.6 Å². The fourth-order valence-electron chi connectivity index (χ4n) is 1.73. The Labute approximate surface area is 128 Å². The summed E-state index contributed by atoms with van der Waals surface area (Å²) in [6.45, 7) is 0.0377. The van der Waals surface area contributed by atoms with E-state index in [0.29, 0.717) is 10.8 Å². The summed E-state index contributed by atoms with van der Waals surface area (Å²) in [6.07, 6.45) is -0.731. The van der Waals surface area contributed by atoms with E-state index in [2.05, 4.69) is 5.32 Å². The van der Waals surface area contributed by atoms with Gasteiger partial charge in [-0.3, -0.25) is 4.79 Å². The number of hydrogen-bond donors (Lipinski definition) is 2. The van der Waals surface area contributed by atoms with Gasteiger partial charge in [0.15, 0.2) is 6.61 Å². The van der Waals surface area contributed by atoms with Gasteiger partial charge in [0.2, 0.25) is 0 Å². The molecule has 1 unspecified atom stereocenters. The second-order valence-electron chi connectivity index (χ2n) is 4.47. The molecule has 2 N–H and O–H groups in total. The van der Waals surface area contributed by atoms with E-state index in [9.17, 15) is 9.90 Å². The Morgan fingerprint density at radius 3 is 2.48 bits per heavy atom. The Morgan fingerprint density at radius 2 is 1.81 bits per heavy atom. The number of hydrogen-bond acceptors (Lipinski definition) is 3. The summed E-state index contributed by atoms with van der Waals surface area (Å²) >= 11 is 5.75. The first kappa shape index (κ1) is 15.4. The van der Waals surface area contributed by atoms with Crippen molar-refractivity contribution in [1.82, 2.24) is 5.32 Å². The maximum atomic E-state index is 11.6. The standard InChI is InChI=1S/C16H16ClNO3/c17-13-6-8-14(9-7-13)21-11-16(20)18-10-15(19)12-4-2-1-3-5-12/h1-9,15,19H,10-11H2,(H,18,20). The molecule has 4 nitrogen and oxygen atoms in total. The number of aliphatic hydroxyl groups excluding tert-OH is 1. The SMILES string of the molecule is O=C(COc1ccc(Cl)cc1)NCC(O)c1ccccc1. The van der Waals surface area contributed by atoms with Crippen LogP contribution in [-0.4, -0.2) is 24.2 Å². The third kappa shape index (κ3) is 5.10. The van der Waals surface area contributed by atoms with Gasteiger partial charge in [0.05, 0.1) is 6.10 Å². The molecule has 0 aromatic heterocycles. The molecule has 0 saturated heterocycles. The van der Waals surface area contributed by atoms with E-state index in [1.165, 1.54) is 0 Å². The van der Waals surface area contributed by atoms with Gasteiger partial charge in [-0.15, -0.1) is 0 Å². The number of aliphatic hydroxyl groups is 1. The van der Waals surface area contributed by atoms with Gasteiger partial charge in [-0.25, -0.2) is 0 Å². The molecule has 0 bridgehead atoms. The first-order valence-corrected chi connectivity index (χ1v) is 6.91. The molecule has 2 rings (SSSR count). The molecular formula is C16H16ClNO3. The molecule has 0 aliphatic carbocycles. The highest BCUT2D eigenvalue weighted by molar-refractivity contribution is 6.30. The van der Waals surface area contributed by atoms with Crippen LogP contribution >= 0.6 is 11.6 Å². The first-order valence-electron chi connectivity index (χ1n) is 6.53. The van der Waals surface area contributed by atoms with Crippen LogP contribution in [0.25, 0.3) is 0 Å². The van der Waals surface area contributed by atoms with Crippen LogP contribution in [0.2, 0.25) is 5.02 Å². The molecule has 5 heteroatoms. The number of benzene rings is 2. The van der Waals surface area contributed by atoms with E-state index < -0.39 is 6.10 Å². The van der Waals surface area contributed by atoms with Crippen LogP contribution in [0.3, 0.4) is 0 Å². The predicted molar refractivity (Wildman–Crippen MR) is 81.4 cm³/mol. The Bertz CT molecular complexity index is 572. The summed E-state index contributed by atoms with van der Waals surface area (Å²) in [5.74, 6) is 0.276. The zero-order valence-corrected chi connectivity index (χ0v) is 12.1. The molecule has 110 valence electrons. The number of nitrogens with one attached hydrogen (secondary N) is 1. The molecule has 0 spiro atoms. The van der Waals surface area contributed by atoms with Crippen LogP contribution < -0.4 is 10.1 Å². The second kappa shape index (κ2) is 7.67. The average Bonchev–Trinajstić information content (AvgIpc) is 2.53. The lowest BCUT2D eigenvalue weighted by Crippen LogP contribution is -2.32. The van der Waals surface area contributed by atoms with Crippen molar-refractivity contribution in [3.05, 3.63) is 65.2 Å². The topological polar surface area (TPSA) is 58.6 Å². The van der Waals surface area contributed by atoms with Gasteiger partial charge in [0.25, 0.3) is 5.91 Å². The molecule has 21 heavy (non-hydrogen) atoms. The lowest BCUT2D eigenvalue weighted by Gasteiger charge is -2.12. The van der Waals surface area contributed by atoms with Gasteiger partial charge in [-0.1, -0.05) is 41.9 Å². The highest BCUT2D eigenvalue weighted by Gasteiger charge is 2.09. The van der Waals surface area contributed by atoms with Gasteiger partial charge in [-0.2, -0.15) is 0 Å². The summed E-state index contributed by atoms with van der Waals surface area (Å²) in [7, 11) is 0. The molecule has 0 fully saturated rings. The maximum Gasteiger partial charge on any atom is 0.258 e. The summed E-state index contributed by atoms with van der Waals surface area (Å²) < 4.78 is 5.31. The Balaban J connectivity index is 1.73. The van der Waals surface area contributed by atoms with Crippen LogP contribution in [0, 0.1) is 0 Å². The average molecular weight is 306 g/mol. The van der Waals surface area contributed by atoms with E-state index in [0.717, 1.165) is 5.56 Å². The zero-order chi connectivity index (χ0) is 15.1.